The van der Waals surface area contributed by atoms with E-state index in [2.05, 4.69) is 0 Å². The number of carbonyl (C=O) groups excluding carboxylic acids is 2. The SMILES string of the molecule is CC(C)(C)OC(=O)N(CCCCCN(C(=O)OC(C)(C)C)c1ccc(N)cc1)c1ccc(N)cc1. The maximum absolute atomic E-state index is 12.8. The van der Waals surface area contributed by atoms with Crippen molar-refractivity contribution in [1.29, 1.82) is 0 Å². The number of nitrogens with two attached hydrogens (primary N) is 2. The van der Waals surface area contributed by atoms with Gasteiger partial charge in [-0.25, -0.2) is 9.59 Å². The van der Waals surface area contributed by atoms with Gasteiger partial charge in [0.05, 0.1) is 0 Å². The van der Waals surface area contributed by atoms with Crippen LogP contribution in [-0.2, 0) is 9.47 Å². The van der Waals surface area contributed by atoms with Crippen LogP contribution < -0.4 is 21.3 Å². The molecular weight excluding hydrogens is 444 g/mol. The van der Waals surface area contributed by atoms with Gasteiger partial charge in [-0.05, 0) is 109 Å². The first-order valence-electron chi connectivity index (χ1n) is 12.0. The van der Waals surface area contributed by atoms with Crippen LogP contribution in [0, 0.1) is 0 Å². The molecule has 2 amide bonds. The van der Waals surface area contributed by atoms with Crippen molar-refractivity contribution in [3.8, 4) is 0 Å². The van der Waals surface area contributed by atoms with Gasteiger partial charge in [-0.1, -0.05) is 0 Å². The Morgan fingerprint density at radius 3 is 1.23 bits per heavy atom. The predicted molar refractivity (Wildman–Crippen MR) is 143 cm³/mol. The van der Waals surface area contributed by atoms with Crippen LogP contribution in [0.25, 0.3) is 0 Å². The molecule has 0 radical (unpaired) electrons. The van der Waals surface area contributed by atoms with Crippen molar-refractivity contribution in [2.75, 3.05) is 34.4 Å². The molecule has 8 nitrogen and oxygen atoms in total. The molecule has 192 valence electrons. The monoisotopic (exact) mass is 484 g/mol. The summed E-state index contributed by atoms with van der Waals surface area (Å²) in [6.07, 6.45) is 1.45. The molecule has 0 atom stereocenters. The highest BCUT2D eigenvalue weighted by molar-refractivity contribution is 5.88. The Kier molecular flexibility index (Phi) is 9.40. The second-order valence-electron chi connectivity index (χ2n) is 10.5. The van der Waals surface area contributed by atoms with Gasteiger partial charge in [-0.15, -0.1) is 0 Å². The third-order valence-electron chi connectivity index (χ3n) is 4.90. The maximum atomic E-state index is 12.8. The summed E-state index contributed by atoms with van der Waals surface area (Å²) in [5.74, 6) is 0. The van der Waals surface area contributed by atoms with Gasteiger partial charge < -0.3 is 20.9 Å². The van der Waals surface area contributed by atoms with Crippen LogP contribution >= 0.6 is 0 Å². The van der Waals surface area contributed by atoms with Crippen molar-refractivity contribution in [3.63, 3.8) is 0 Å². The average molecular weight is 485 g/mol. The van der Waals surface area contributed by atoms with Gasteiger partial charge in [0.25, 0.3) is 0 Å². The number of ether oxygens (including phenoxy) is 2. The van der Waals surface area contributed by atoms with E-state index in [0.29, 0.717) is 24.5 Å². The molecule has 0 spiro atoms. The Balaban J connectivity index is 2.02. The normalized spacial score (nSPS) is 11.6. The van der Waals surface area contributed by atoms with E-state index in [1.807, 2.05) is 65.8 Å². The average Bonchev–Trinajstić information content (AvgIpc) is 2.72. The molecule has 0 fully saturated rings. The zero-order chi connectivity index (χ0) is 26.2. The van der Waals surface area contributed by atoms with E-state index >= 15 is 0 Å². The van der Waals surface area contributed by atoms with Crippen molar-refractivity contribution < 1.29 is 19.1 Å². The third-order valence-corrected chi connectivity index (χ3v) is 4.90. The van der Waals surface area contributed by atoms with Crippen LogP contribution in [0.4, 0.5) is 32.3 Å². The number of unbranched alkanes of at least 4 members (excludes halogenated alkanes) is 2. The zero-order valence-corrected chi connectivity index (χ0v) is 21.8. The number of anilines is 4. The molecule has 2 aromatic carbocycles. The largest absolute Gasteiger partial charge is 0.443 e. The summed E-state index contributed by atoms with van der Waals surface area (Å²) >= 11 is 0. The molecule has 8 heteroatoms. The number of carbonyl (C=O) groups is 2. The summed E-state index contributed by atoms with van der Waals surface area (Å²) in [4.78, 5) is 28.9. The van der Waals surface area contributed by atoms with Crippen LogP contribution in [0.1, 0.15) is 60.8 Å². The number of nitrogens with zero attached hydrogens (tertiary/aromatic N) is 2. The topological polar surface area (TPSA) is 111 Å². The van der Waals surface area contributed by atoms with E-state index in [9.17, 15) is 9.59 Å². The van der Waals surface area contributed by atoms with E-state index in [0.717, 1.165) is 30.6 Å². The number of nitrogen functional groups attached to an aromatic ring is 2. The molecule has 0 saturated heterocycles. The quantitative estimate of drug-likeness (QED) is 0.341. The van der Waals surface area contributed by atoms with E-state index in [1.165, 1.54) is 0 Å². The van der Waals surface area contributed by atoms with E-state index in [4.69, 9.17) is 20.9 Å². The highest BCUT2D eigenvalue weighted by Crippen LogP contribution is 2.23. The standard InChI is InChI=1S/C27H40N4O4/c1-26(2,3)34-24(32)30(22-14-10-20(28)11-15-22)18-8-7-9-19-31(25(33)35-27(4,5)6)23-16-12-21(29)13-17-23/h10-17H,7-9,18-19,28-29H2,1-6H3. The van der Waals surface area contributed by atoms with Crippen LogP contribution in [0.15, 0.2) is 48.5 Å². The molecule has 2 rings (SSSR count). The Hall–Kier alpha value is -3.42. The molecule has 0 heterocycles. The lowest BCUT2D eigenvalue weighted by molar-refractivity contribution is 0.0571. The molecule has 0 saturated carbocycles. The van der Waals surface area contributed by atoms with Gasteiger partial charge >= 0.3 is 12.2 Å². The molecule has 0 aliphatic carbocycles. The fraction of sp³-hybridized carbons (Fsp3) is 0.481. The van der Waals surface area contributed by atoms with Crippen molar-refractivity contribution in [2.45, 2.75) is 72.0 Å². The molecule has 0 aliphatic heterocycles. The second-order valence-corrected chi connectivity index (χ2v) is 10.5. The Labute approximate surface area is 209 Å². The number of hydrogen-bond acceptors (Lipinski definition) is 6. The summed E-state index contributed by atoms with van der Waals surface area (Å²) in [6.45, 7) is 12.0. The van der Waals surface area contributed by atoms with E-state index in [-0.39, 0.29) is 0 Å². The Morgan fingerprint density at radius 2 is 0.943 bits per heavy atom. The fourth-order valence-corrected chi connectivity index (χ4v) is 3.31. The lowest BCUT2D eigenvalue weighted by Crippen LogP contribution is -2.38. The smallest absolute Gasteiger partial charge is 0.414 e. The van der Waals surface area contributed by atoms with Crippen molar-refractivity contribution >= 4 is 34.9 Å². The van der Waals surface area contributed by atoms with Gasteiger partial charge in [-0.2, -0.15) is 0 Å². The minimum atomic E-state index is -0.601. The number of amides is 2. The molecule has 35 heavy (non-hydrogen) atoms. The first-order valence-corrected chi connectivity index (χ1v) is 12.0. The van der Waals surface area contributed by atoms with Crippen LogP contribution in [-0.4, -0.2) is 36.5 Å². The molecule has 0 aromatic heterocycles. The minimum absolute atomic E-state index is 0.403. The summed E-state index contributed by atoms with van der Waals surface area (Å²) in [5, 5.41) is 0. The van der Waals surface area contributed by atoms with Gasteiger partial charge in [0.1, 0.15) is 11.2 Å². The lowest BCUT2D eigenvalue weighted by Gasteiger charge is -2.28. The molecular formula is C27H40N4O4. The van der Waals surface area contributed by atoms with E-state index in [1.54, 1.807) is 34.1 Å². The summed E-state index contributed by atoms with van der Waals surface area (Å²) in [7, 11) is 0. The summed E-state index contributed by atoms with van der Waals surface area (Å²) in [6, 6.07) is 14.3. The second kappa shape index (κ2) is 11.8. The lowest BCUT2D eigenvalue weighted by atomic mass is 10.2. The third kappa shape index (κ3) is 9.76. The fourth-order valence-electron chi connectivity index (χ4n) is 3.31. The van der Waals surface area contributed by atoms with Gasteiger partial charge in [0, 0.05) is 35.8 Å². The highest BCUT2D eigenvalue weighted by Gasteiger charge is 2.25. The van der Waals surface area contributed by atoms with E-state index < -0.39 is 23.4 Å². The number of hydrogen-bond donors (Lipinski definition) is 2. The van der Waals surface area contributed by atoms with Gasteiger partial charge in [0.2, 0.25) is 0 Å². The van der Waals surface area contributed by atoms with Crippen LogP contribution in [0.2, 0.25) is 0 Å². The first kappa shape index (κ1) is 27.8. The minimum Gasteiger partial charge on any atom is -0.443 e. The number of rotatable bonds is 8. The highest BCUT2D eigenvalue weighted by atomic mass is 16.6. The van der Waals surface area contributed by atoms with Gasteiger partial charge in [-0.3, -0.25) is 9.80 Å². The van der Waals surface area contributed by atoms with Crippen molar-refractivity contribution in [3.05, 3.63) is 48.5 Å². The van der Waals surface area contributed by atoms with Crippen molar-refractivity contribution in [1.82, 2.24) is 0 Å². The zero-order valence-electron chi connectivity index (χ0n) is 21.8. The first-order chi connectivity index (χ1) is 16.2. The van der Waals surface area contributed by atoms with Crippen LogP contribution in [0.5, 0.6) is 0 Å². The van der Waals surface area contributed by atoms with Crippen molar-refractivity contribution in [2.24, 2.45) is 0 Å². The predicted octanol–water partition coefficient (Wildman–Crippen LogP) is 6.20. The molecule has 0 bridgehead atoms. The molecule has 4 N–H and O–H groups in total. The molecule has 0 unspecified atom stereocenters. The van der Waals surface area contributed by atoms with Gasteiger partial charge in [0.15, 0.2) is 0 Å². The number of benzene rings is 2. The molecule has 2 aromatic rings. The molecule has 0 aliphatic rings. The maximum Gasteiger partial charge on any atom is 0.414 e. The summed E-state index contributed by atoms with van der Waals surface area (Å²) < 4.78 is 11.2. The summed E-state index contributed by atoms with van der Waals surface area (Å²) in [5.41, 5.74) is 13.1. The Bertz CT molecular complexity index is 881. The Morgan fingerprint density at radius 1 is 0.629 bits per heavy atom. The van der Waals surface area contributed by atoms with Crippen LogP contribution in [0.3, 0.4) is 0 Å².